The predicted octanol–water partition coefficient (Wildman–Crippen LogP) is 0.818. The molecule has 5 nitrogen and oxygen atoms in total. The summed E-state index contributed by atoms with van der Waals surface area (Å²) in [5, 5.41) is 3.01. The van der Waals surface area contributed by atoms with Gasteiger partial charge in [0.1, 0.15) is 0 Å². The van der Waals surface area contributed by atoms with Gasteiger partial charge in [-0.3, -0.25) is 4.79 Å². The highest BCUT2D eigenvalue weighted by Gasteiger charge is 2.31. The maximum absolute atomic E-state index is 11.9. The molecule has 0 aliphatic carbocycles. The van der Waals surface area contributed by atoms with E-state index in [0.717, 1.165) is 0 Å². The largest absolute Gasteiger partial charge is 0.349 e. The highest BCUT2D eigenvalue weighted by Crippen LogP contribution is 2.24. The van der Waals surface area contributed by atoms with Crippen LogP contribution in [0.5, 0.6) is 0 Å². The van der Waals surface area contributed by atoms with Gasteiger partial charge < -0.3 is 11.1 Å². The summed E-state index contributed by atoms with van der Waals surface area (Å²) in [6.07, 6.45) is 0.651. The van der Waals surface area contributed by atoms with Gasteiger partial charge in [0, 0.05) is 11.8 Å². The van der Waals surface area contributed by atoms with Crippen molar-refractivity contribution >= 4 is 39.9 Å². The molecule has 1 fully saturated rings. The van der Waals surface area contributed by atoms with Crippen molar-refractivity contribution < 1.29 is 13.2 Å². The number of halogens is 1. The number of sulfone groups is 1. The van der Waals surface area contributed by atoms with Crippen LogP contribution in [0.15, 0.2) is 0 Å². The average molecular weight is 345 g/mol. The number of thioether (sulfide) groups is 1. The van der Waals surface area contributed by atoms with E-state index in [1.165, 1.54) is 11.8 Å². The molecule has 1 rings (SSSR count). The summed E-state index contributed by atoms with van der Waals surface area (Å²) in [6, 6.07) is 0. The van der Waals surface area contributed by atoms with E-state index < -0.39 is 15.4 Å². The Hall–Kier alpha value is 0.0200. The first-order chi connectivity index (χ1) is 8.68. The van der Waals surface area contributed by atoms with E-state index in [4.69, 9.17) is 5.73 Å². The van der Waals surface area contributed by atoms with Gasteiger partial charge in [-0.05, 0) is 19.3 Å². The maximum atomic E-state index is 11.9. The fourth-order valence-electron chi connectivity index (χ4n) is 1.87. The Morgan fingerprint density at radius 3 is 2.50 bits per heavy atom. The Kier molecular flexibility index (Phi) is 7.87. The summed E-state index contributed by atoms with van der Waals surface area (Å²) < 4.78 is 22.6. The molecule has 0 aromatic heterocycles. The number of carbonyl (C=O) groups is 1. The smallest absolute Gasteiger partial charge is 0.230 e. The number of nitrogens with one attached hydrogen (secondary N) is 1. The van der Waals surface area contributed by atoms with E-state index in [0.29, 0.717) is 18.7 Å². The molecule has 1 heterocycles. The first-order valence-corrected chi connectivity index (χ1v) is 9.38. The topological polar surface area (TPSA) is 89.3 Å². The highest BCUT2D eigenvalue weighted by molar-refractivity contribution is 8.02. The van der Waals surface area contributed by atoms with Gasteiger partial charge in [-0.15, -0.1) is 24.2 Å². The van der Waals surface area contributed by atoms with E-state index in [1.807, 2.05) is 20.8 Å². The van der Waals surface area contributed by atoms with Crippen LogP contribution in [0.3, 0.4) is 0 Å². The van der Waals surface area contributed by atoms with Gasteiger partial charge >= 0.3 is 0 Å². The molecule has 8 heteroatoms. The lowest BCUT2D eigenvalue weighted by atomic mass is 9.88. The van der Waals surface area contributed by atoms with Crippen molar-refractivity contribution in [1.82, 2.24) is 5.32 Å². The molecule has 0 saturated carbocycles. The molecule has 0 aromatic rings. The quantitative estimate of drug-likeness (QED) is 0.744. The second-order valence-corrected chi connectivity index (χ2v) is 9.18. The molecular weight excluding hydrogens is 320 g/mol. The monoisotopic (exact) mass is 344 g/mol. The summed E-state index contributed by atoms with van der Waals surface area (Å²) in [7, 11) is -2.87. The summed E-state index contributed by atoms with van der Waals surface area (Å²) in [5.41, 5.74) is 5.31. The van der Waals surface area contributed by atoms with E-state index in [9.17, 15) is 13.2 Å². The lowest BCUT2D eigenvalue weighted by Gasteiger charge is -2.33. The van der Waals surface area contributed by atoms with Crippen LogP contribution in [-0.4, -0.2) is 48.9 Å². The number of carbonyl (C=O) groups excluding carboxylic acids is 1. The molecule has 1 saturated heterocycles. The Bertz CT molecular complexity index is 428. The molecule has 1 amide bonds. The normalized spacial score (nSPS) is 23.9. The van der Waals surface area contributed by atoms with Crippen LogP contribution in [-0.2, 0) is 14.6 Å². The predicted molar refractivity (Wildman–Crippen MR) is 87.2 cm³/mol. The zero-order valence-electron chi connectivity index (χ0n) is 12.2. The van der Waals surface area contributed by atoms with Gasteiger partial charge in [0.15, 0.2) is 9.84 Å². The van der Waals surface area contributed by atoms with Gasteiger partial charge in [0.2, 0.25) is 5.91 Å². The van der Waals surface area contributed by atoms with Gasteiger partial charge in [-0.25, -0.2) is 8.42 Å². The fraction of sp³-hybridized carbons (Fsp3) is 0.917. The lowest BCUT2D eigenvalue weighted by Crippen LogP contribution is -2.55. The molecule has 120 valence electrons. The zero-order chi connectivity index (χ0) is 14.7. The molecular formula is C12H25ClN2O3S2. The Balaban J connectivity index is 0.00000361. The molecule has 0 bridgehead atoms. The van der Waals surface area contributed by atoms with Gasteiger partial charge in [-0.1, -0.05) is 13.8 Å². The van der Waals surface area contributed by atoms with Crippen molar-refractivity contribution in [2.45, 2.75) is 38.0 Å². The standard InChI is InChI=1S/C12H24N2O3S2.ClH/c1-9(2)12(3,8-13)14-11(15)6-18-10-4-5-19(16,17)7-10;/h9-10H,4-8,13H2,1-3H3,(H,14,15);1H. The SMILES string of the molecule is CC(C)C(C)(CN)NC(=O)CSC1CCS(=O)(=O)C1.Cl. The van der Waals surface area contributed by atoms with Gasteiger partial charge in [0.25, 0.3) is 0 Å². The van der Waals surface area contributed by atoms with Crippen molar-refractivity contribution in [1.29, 1.82) is 0 Å². The minimum atomic E-state index is -2.87. The third-order valence-corrected chi connectivity index (χ3v) is 7.05. The minimum Gasteiger partial charge on any atom is -0.349 e. The molecule has 20 heavy (non-hydrogen) atoms. The van der Waals surface area contributed by atoms with Crippen molar-refractivity contribution in [2.24, 2.45) is 11.7 Å². The Labute approximate surface area is 132 Å². The summed E-state index contributed by atoms with van der Waals surface area (Å²) in [6.45, 7) is 6.35. The third kappa shape index (κ3) is 5.79. The molecule has 1 aliphatic rings. The summed E-state index contributed by atoms with van der Waals surface area (Å²) in [4.78, 5) is 11.9. The van der Waals surface area contributed by atoms with Crippen LogP contribution >= 0.6 is 24.2 Å². The number of hydrogen-bond acceptors (Lipinski definition) is 5. The fourth-order valence-corrected chi connectivity index (χ4v) is 5.31. The third-order valence-electron chi connectivity index (χ3n) is 3.76. The maximum Gasteiger partial charge on any atom is 0.230 e. The van der Waals surface area contributed by atoms with Gasteiger partial charge in [0.05, 0.1) is 22.8 Å². The van der Waals surface area contributed by atoms with E-state index in [1.54, 1.807) is 0 Å². The average Bonchev–Trinajstić information content (AvgIpc) is 2.66. The Morgan fingerprint density at radius 2 is 2.10 bits per heavy atom. The number of amides is 1. The molecule has 0 radical (unpaired) electrons. The molecule has 2 atom stereocenters. The van der Waals surface area contributed by atoms with Gasteiger partial charge in [-0.2, -0.15) is 0 Å². The van der Waals surface area contributed by atoms with Crippen molar-refractivity contribution in [3.05, 3.63) is 0 Å². The molecule has 2 unspecified atom stereocenters. The Morgan fingerprint density at radius 1 is 1.50 bits per heavy atom. The second kappa shape index (κ2) is 7.87. The van der Waals surface area contributed by atoms with Crippen molar-refractivity contribution in [2.75, 3.05) is 23.8 Å². The van der Waals surface area contributed by atoms with Crippen LogP contribution in [0.4, 0.5) is 0 Å². The van der Waals surface area contributed by atoms with Crippen molar-refractivity contribution in [3.63, 3.8) is 0 Å². The first-order valence-electron chi connectivity index (χ1n) is 6.51. The molecule has 3 N–H and O–H groups in total. The van der Waals surface area contributed by atoms with Crippen LogP contribution in [0.25, 0.3) is 0 Å². The highest BCUT2D eigenvalue weighted by atomic mass is 35.5. The number of hydrogen-bond donors (Lipinski definition) is 2. The molecule has 0 aromatic carbocycles. The molecule has 1 aliphatic heterocycles. The number of nitrogens with two attached hydrogens (primary N) is 1. The number of rotatable bonds is 6. The second-order valence-electron chi connectivity index (χ2n) is 5.66. The zero-order valence-corrected chi connectivity index (χ0v) is 14.7. The van der Waals surface area contributed by atoms with Crippen LogP contribution in [0.2, 0.25) is 0 Å². The van der Waals surface area contributed by atoms with Crippen molar-refractivity contribution in [3.8, 4) is 0 Å². The van der Waals surface area contributed by atoms with Crippen LogP contribution in [0.1, 0.15) is 27.2 Å². The van der Waals surface area contributed by atoms with Crippen LogP contribution in [0, 0.1) is 5.92 Å². The summed E-state index contributed by atoms with van der Waals surface area (Å²) in [5.74, 6) is 0.916. The van der Waals surface area contributed by atoms with E-state index in [-0.39, 0.29) is 41.0 Å². The first kappa shape index (κ1) is 20.0. The summed E-state index contributed by atoms with van der Waals surface area (Å²) >= 11 is 1.43. The minimum absolute atomic E-state index is 0. The molecule has 0 spiro atoms. The van der Waals surface area contributed by atoms with E-state index >= 15 is 0 Å². The van der Waals surface area contributed by atoms with E-state index in [2.05, 4.69) is 5.32 Å². The lowest BCUT2D eigenvalue weighted by molar-refractivity contribution is -0.120. The van der Waals surface area contributed by atoms with Crippen LogP contribution < -0.4 is 11.1 Å².